The largest absolute Gasteiger partial charge is 0.491 e. The van der Waals surface area contributed by atoms with Gasteiger partial charge in [0, 0.05) is 11.9 Å². The summed E-state index contributed by atoms with van der Waals surface area (Å²) < 4.78 is 5.63. The van der Waals surface area contributed by atoms with Gasteiger partial charge in [0.15, 0.2) is 5.65 Å². The van der Waals surface area contributed by atoms with Crippen molar-refractivity contribution in [3.8, 4) is 5.75 Å². The molecule has 0 spiro atoms. The van der Waals surface area contributed by atoms with E-state index in [9.17, 15) is 0 Å². The number of pyridine rings is 1. The highest BCUT2D eigenvalue weighted by Gasteiger charge is 2.04. The molecule has 21 heavy (non-hydrogen) atoms. The lowest BCUT2D eigenvalue weighted by Gasteiger charge is -2.11. The number of rotatable bonds is 4. The van der Waals surface area contributed by atoms with Gasteiger partial charge in [-0.05, 0) is 50.2 Å². The molecule has 1 N–H and O–H groups in total. The minimum atomic E-state index is 0.167. The van der Waals surface area contributed by atoms with E-state index in [2.05, 4.69) is 20.3 Å². The number of anilines is 2. The summed E-state index contributed by atoms with van der Waals surface area (Å²) in [6.45, 7) is 4.01. The number of hydrogen-bond acceptors (Lipinski definition) is 5. The van der Waals surface area contributed by atoms with E-state index in [-0.39, 0.29) is 6.10 Å². The predicted octanol–water partition coefficient (Wildman–Crippen LogP) is 3.56. The molecule has 0 saturated carbocycles. The van der Waals surface area contributed by atoms with Gasteiger partial charge in [-0.2, -0.15) is 0 Å². The molecule has 0 fully saturated rings. The van der Waals surface area contributed by atoms with Crippen molar-refractivity contribution in [2.24, 2.45) is 0 Å². The second kappa shape index (κ2) is 5.75. The summed E-state index contributed by atoms with van der Waals surface area (Å²) in [6, 6.07) is 11.6. The fourth-order valence-corrected chi connectivity index (χ4v) is 2.02. The summed E-state index contributed by atoms with van der Waals surface area (Å²) in [7, 11) is 0. The number of fused-ring (bicyclic) bond motifs is 1. The zero-order valence-electron chi connectivity index (χ0n) is 11.9. The normalized spacial score (nSPS) is 10.8. The molecule has 2 aromatic heterocycles. The van der Waals surface area contributed by atoms with E-state index < -0.39 is 0 Å². The molecule has 2 heterocycles. The summed E-state index contributed by atoms with van der Waals surface area (Å²) in [5, 5.41) is 4.17. The van der Waals surface area contributed by atoms with Crippen molar-refractivity contribution in [1.29, 1.82) is 0 Å². The van der Waals surface area contributed by atoms with Crippen LogP contribution in [0.4, 0.5) is 11.5 Å². The molecule has 5 heteroatoms. The molecule has 3 aromatic rings. The van der Waals surface area contributed by atoms with Crippen LogP contribution in [0.3, 0.4) is 0 Å². The number of benzene rings is 1. The van der Waals surface area contributed by atoms with Gasteiger partial charge >= 0.3 is 0 Å². The Morgan fingerprint density at radius 2 is 1.81 bits per heavy atom. The third-order valence-corrected chi connectivity index (χ3v) is 2.90. The maximum atomic E-state index is 5.63. The van der Waals surface area contributed by atoms with Gasteiger partial charge in [0.2, 0.25) is 0 Å². The molecule has 3 rings (SSSR count). The quantitative estimate of drug-likeness (QED) is 0.792. The molecule has 0 aliphatic heterocycles. The Morgan fingerprint density at radius 3 is 2.57 bits per heavy atom. The first-order valence-electron chi connectivity index (χ1n) is 6.82. The first kappa shape index (κ1) is 13.3. The summed E-state index contributed by atoms with van der Waals surface area (Å²) in [6.07, 6.45) is 3.39. The van der Waals surface area contributed by atoms with Crippen LogP contribution < -0.4 is 10.1 Å². The van der Waals surface area contributed by atoms with Crippen molar-refractivity contribution in [2.75, 3.05) is 5.32 Å². The molecule has 0 aliphatic carbocycles. The Labute approximate surface area is 123 Å². The lowest BCUT2D eigenvalue weighted by atomic mass is 10.2. The molecule has 0 aliphatic rings. The number of aromatic nitrogens is 3. The molecule has 1 aromatic carbocycles. The lowest BCUT2D eigenvalue weighted by molar-refractivity contribution is 0.242. The standard InChI is InChI=1S/C16H16N4O/c1-11(2)21-13-7-5-12(6-8-13)20-16-14-4-3-9-17-15(14)18-10-19-16/h3-11H,1-2H3,(H,17,18,19,20). The molecule has 0 radical (unpaired) electrons. The Bertz CT molecular complexity index is 735. The van der Waals surface area contributed by atoms with Crippen molar-refractivity contribution < 1.29 is 4.74 Å². The van der Waals surface area contributed by atoms with E-state index in [4.69, 9.17) is 4.74 Å². The Kier molecular flexibility index (Phi) is 3.64. The van der Waals surface area contributed by atoms with Gasteiger partial charge in [0.05, 0.1) is 11.5 Å². The Morgan fingerprint density at radius 1 is 1.00 bits per heavy atom. The second-order valence-electron chi connectivity index (χ2n) is 4.91. The van der Waals surface area contributed by atoms with Crippen LogP contribution in [-0.4, -0.2) is 21.1 Å². The highest BCUT2D eigenvalue weighted by molar-refractivity contribution is 5.87. The average Bonchev–Trinajstić information content (AvgIpc) is 2.49. The van der Waals surface area contributed by atoms with Crippen LogP contribution in [0.1, 0.15) is 13.8 Å². The van der Waals surface area contributed by atoms with Crippen molar-refractivity contribution in [3.63, 3.8) is 0 Å². The van der Waals surface area contributed by atoms with E-state index in [1.165, 1.54) is 6.33 Å². The first-order valence-corrected chi connectivity index (χ1v) is 6.82. The zero-order valence-corrected chi connectivity index (χ0v) is 11.9. The van der Waals surface area contributed by atoms with Crippen LogP contribution in [0.5, 0.6) is 5.75 Å². The number of nitrogens with one attached hydrogen (secondary N) is 1. The van der Waals surface area contributed by atoms with E-state index >= 15 is 0 Å². The van der Waals surface area contributed by atoms with E-state index in [0.717, 1.165) is 22.6 Å². The average molecular weight is 280 g/mol. The molecule has 106 valence electrons. The number of ether oxygens (including phenoxy) is 1. The highest BCUT2D eigenvalue weighted by atomic mass is 16.5. The van der Waals surface area contributed by atoms with Crippen molar-refractivity contribution in [3.05, 3.63) is 48.9 Å². The van der Waals surface area contributed by atoms with Crippen LogP contribution in [0.2, 0.25) is 0 Å². The summed E-state index contributed by atoms with van der Waals surface area (Å²) in [4.78, 5) is 12.6. The van der Waals surface area contributed by atoms with Crippen molar-refractivity contribution >= 4 is 22.5 Å². The third kappa shape index (κ3) is 3.08. The van der Waals surface area contributed by atoms with Gasteiger partial charge in [-0.1, -0.05) is 0 Å². The first-order chi connectivity index (χ1) is 10.2. The van der Waals surface area contributed by atoms with Crippen LogP contribution in [0.15, 0.2) is 48.9 Å². The molecule has 0 unspecified atom stereocenters. The SMILES string of the molecule is CC(C)Oc1ccc(Nc2ncnc3ncccc23)cc1. The fraction of sp³-hybridized carbons (Fsp3) is 0.188. The van der Waals surface area contributed by atoms with E-state index in [0.29, 0.717) is 5.65 Å². The summed E-state index contributed by atoms with van der Waals surface area (Å²) in [5.74, 6) is 1.59. The Hall–Kier alpha value is -2.69. The summed E-state index contributed by atoms with van der Waals surface area (Å²) in [5.41, 5.74) is 1.62. The van der Waals surface area contributed by atoms with Crippen LogP contribution in [0, 0.1) is 0 Å². The number of hydrogen-bond donors (Lipinski definition) is 1. The highest BCUT2D eigenvalue weighted by Crippen LogP contribution is 2.23. The van der Waals surface area contributed by atoms with Crippen LogP contribution >= 0.6 is 0 Å². The molecular weight excluding hydrogens is 264 g/mol. The third-order valence-electron chi connectivity index (χ3n) is 2.90. The molecule has 0 amide bonds. The monoisotopic (exact) mass is 280 g/mol. The molecule has 0 atom stereocenters. The van der Waals surface area contributed by atoms with Crippen molar-refractivity contribution in [2.45, 2.75) is 20.0 Å². The van der Waals surface area contributed by atoms with Gasteiger partial charge < -0.3 is 10.1 Å². The molecule has 5 nitrogen and oxygen atoms in total. The van der Waals surface area contributed by atoms with Gasteiger partial charge in [-0.15, -0.1) is 0 Å². The topological polar surface area (TPSA) is 59.9 Å². The molecule has 0 saturated heterocycles. The fourth-order valence-electron chi connectivity index (χ4n) is 2.02. The minimum Gasteiger partial charge on any atom is -0.491 e. The van der Waals surface area contributed by atoms with Gasteiger partial charge in [0.25, 0.3) is 0 Å². The maximum absolute atomic E-state index is 5.63. The predicted molar refractivity (Wildman–Crippen MR) is 82.8 cm³/mol. The number of nitrogens with zero attached hydrogens (tertiary/aromatic N) is 3. The van der Waals surface area contributed by atoms with E-state index in [1.807, 2.05) is 50.2 Å². The van der Waals surface area contributed by atoms with Crippen LogP contribution in [-0.2, 0) is 0 Å². The van der Waals surface area contributed by atoms with E-state index in [1.54, 1.807) is 6.20 Å². The van der Waals surface area contributed by atoms with Gasteiger partial charge in [0.1, 0.15) is 17.9 Å². The molecular formula is C16H16N4O. The minimum absolute atomic E-state index is 0.167. The smallest absolute Gasteiger partial charge is 0.164 e. The van der Waals surface area contributed by atoms with Gasteiger partial charge in [-0.3, -0.25) is 0 Å². The lowest BCUT2D eigenvalue weighted by Crippen LogP contribution is -2.05. The van der Waals surface area contributed by atoms with Crippen molar-refractivity contribution in [1.82, 2.24) is 15.0 Å². The zero-order chi connectivity index (χ0) is 14.7. The second-order valence-corrected chi connectivity index (χ2v) is 4.91. The molecule has 0 bridgehead atoms. The Balaban J connectivity index is 1.85. The maximum Gasteiger partial charge on any atom is 0.164 e. The summed E-state index contributed by atoms with van der Waals surface area (Å²) >= 11 is 0. The van der Waals surface area contributed by atoms with Crippen LogP contribution in [0.25, 0.3) is 11.0 Å². The van der Waals surface area contributed by atoms with Gasteiger partial charge in [-0.25, -0.2) is 15.0 Å².